The molecule has 0 fully saturated rings. The molecule has 3 aromatic heterocycles. The van der Waals surface area contributed by atoms with Gasteiger partial charge in [0.1, 0.15) is 17.7 Å². The van der Waals surface area contributed by atoms with Gasteiger partial charge in [0.15, 0.2) is 23.0 Å². The minimum absolute atomic E-state index is 0.0455. The predicted molar refractivity (Wildman–Crippen MR) is 120 cm³/mol. The second-order valence-corrected chi connectivity index (χ2v) is 6.98. The van der Waals surface area contributed by atoms with E-state index in [0.29, 0.717) is 34.4 Å². The fraction of sp³-hybridized carbons (Fsp3) is 0.238. The average Bonchev–Trinajstić information content (AvgIpc) is 3.45. The number of halogens is 1. The van der Waals surface area contributed by atoms with E-state index in [-0.39, 0.29) is 17.6 Å². The Morgan fingerprint density at radius 2 is 1.85 bits per heavy atom. The molecule has 172 valence electrons. The van der Waals surface area contributed by atoms with E-state index >= 15 is 0 Å². The smallest absolute Gasteiger partial charge is 0.356 e. The van der Waals surface area contributed by atoms with Crippen molar-refractivity contribution in [2.24, 2.45) is 0 Å². The van der Waals surface area contributed by atoms with E-state index in [1.54, 1.807) is 69.6 Å². The molecule has 4 rings (SSSR count). The largest absolute Gasteiger partial charge is 0.493 e. The Hall–Kier alpha value is -3.99. The van der Waals surface area contributed by atoms with Gasteiger partial charge in [-0.2, -0.15) is 4.98 Å². The maximum Gasteiger partial charge on any atom is 0.356 e. The van der Waals surface area contributed by atoms with Crippen molar-refractivity contribution < 1.29 is 23.7 Å². The number of methoxy groups -OCH3 is 3. The van der Waals surface area contributed by atoms with Crippen molar-refractivity contribution in [3.05, 3.63) is 47.8 Å². The molecule has 1 aromatic carbocycles. The Kier molecular flexibility index (Phi) is 6.22. The predicted octanol–water partition coefficient (Wildman–Crippen LogP) is 3.51. The van der Waals surface area contributed by atoms with Crippen molar-refractivity contribution in [1.29, 1.82) is 0 Å². The standard InChI is InChI=1S/C21H21ClN6O5/c1-5-33-20(29)14-7-6-13-19(25-21(22)26-28(13)14)24-17-10-27(11-23-17)12-8-15(30-2)18(32-4)16(9-12)31-3/h6-11H,5H2,1-4H3,(H,24,25,26). The Balaban J connectivity index is 1.68. The van der Waals surface area contributed by atoms with E-state index < -0.39 is 5.97 Å². The van der Waals surface area contributed by atoms with Gasteiger partial charge < -0.3 is 28.8 Å². The molecule has 0 aliphatic carbocycles. The van der Waals surface area contributed by atoms with Gasteiger partial charge in [0, 0.05) is 12.1 Å². The summed E-state index contributed by atoms with van der Waals surface area (Å²) in [5.41, 5.74) is 1.51. The molecule has 33 heavy (non-hydrogen) atoms. The minimum atomic E-state index is -0.509. The lowest BCUT2D eigenvalue weighted by atomic mass is 10.2. The van der Waals surface area contributed by atoms with Crippen LogP contribution in [0.5, 0.6) is 17.2 Å². The van der Waals surface area contributed by atoms with Crippen LogP contribution in [0.25, 0.3) is 11.2 Å². The first-order valence-electron chi connectivity index (χ1n) is 9.82. The van der Waals surface area contributed by atoms with Gasteiger partial charge in [-0.3, -0.25) is 0 Å². The van der Waals surface area contributed by atoms with E-state index in [9.17, 15) is 4.79 Å². The van der Waals surface area contributed by atoms with E-state index in [2.05, 4.69) is 20.4 Å². The second kappa shape index (κ2) is 9.25. The summed E-state index contributed by atoms with van der Waals surface area (Å²) in [6, 6.07) is 6.88. The maximum atomic E-state index is 12.2. The van der Waals surface area contributed by atoms with Crippen LogP contribution in [0.15, 0.2) is 36.8 Å². The zero-order valence-electron chi connectivity index (χ0n) is 18.3. The average molecular weight is 473 g/mol. The Morgan fingerprint density at radius 3 is 2.48 bits per heavy atom. The third-order valence-corrected chi connectivity index (χ3v) is 4.91. The number of hydrogen-bond donors (Lipinski definition) is 1. The molecule has 0 unspecified atom stereocenters. The Bertz CT molecular complexity index is 1290. The van der Waals surface area contributed by atoms with Crippen LogP contribution >= 0.6 is 11.6 Å². The monoisotopic (exact) mass is 472 g/mol. The van der Waals surface area contributed by atoms with Gasteiger partial charge in [-0.15, -0.1) is 5.10 Å². The molecule has 11 nitrogen and oxygen atoms in total. The lowest BCUT2D eigenvalue weighted by Gasteiger charge is -2.14. The van der Waals surface area contributed by atoms with Crippen molar-refractivity contribution in [3.8, 4) is 22.9 Å². The molecule has 12 heteroatoms. The summed E-state index contributed by atoms with van der Waals surface area (Å²) in [6.07, 6.45) is 3.37. The van der Waals surface area contributed by atoms with Crippen LogP contribution in [0.1, 0.15) is 17.4 Å². The Labute approximate surface area is 193 Å². The lowest BCUT2D eigenvalue weighted by Crippen LogP contribution is -2.11. The van der Waals surface area contributed by atoms with Crippen LogP contribution in [0, 0.1) is 0 Å². The second-order valence-electron chi connectivity index (χ2n) is 6.64. The molecule has 0 aliphatic heterocycles. The first-order valence-corrected chi connectivity index (χ1v) is 10.2. The zero-order valence-corrected chi connectivity index (χ0v) is 19.1. The van der Waals surface area contributed by atoms with Crippen LogP contribution in [0.2, 0.25) is 5.28 Å². The van der Waals surface area contributed by atoms with Crippen LogP contribution in [0.3, 0.4) is 0 Å². The van der Waals surface area contributed by atoms with E-state index in [1.165, 1.54) is 4.52 Å². The van der Waals surface area contributed by atoms with Gasteiger partial charge in [-0.25, -0.2) is 14.3 Å². The highest BCUT2D eigenvalue weighted by molar-refractivity contribution is 6.28. The van der Waals surface area contributed by atoms with Gasteiger partial charge in [-0.05, 0) is 30.7 Å². The number of imidazole rings is 1. The van der Waals surface area contributed by atoms with E-state index in [1.807, 2.05) is 0 Å². The molecule has 0 saturated carbocycles. The summed E-state index contributed by atoms with van der Waals surface area (Å²) >= 11 is 6.10. The fourth-order valence-corrected chi connectivity index (χ4v) is 3.45. The lowest BCUT2D eigenvalue weighted by molar-refractivity contribution is 0.0517. The number of benzene rings is 1. The number of aromatic nitrogens is 5. The number of rotatable bonds is 8. The number of fused-ring (bicyclic) bond motifs is 1. The van der Waals surface area contributed by atoms with Gasteiger partial charge in [-0.1, -0.05) is 0 Å². The van der Waals surface area contributed by atoms with E-state index in [4.69, 9.17) is 30.5 Å². The number of anilines is 2. The first-order chi connectivity index (χ1) is 16.0. The van der Waals surface area contributed by atoms with Gasteiger partial charge in [0.25, 0.3) is 0 Å². The third kappa shape index (κ3) is 4.22. The number of ether oxygens (including phenoxy) is 4. The van der Waals surface area contributed by atoms with Crippen LogP contribution in [0.4, 0.5) is 11.6 Å². The van der Waals surface area contributed by atoms with Crippen molar-refractivity contribution >= 4 is 34.7 Å². The molecule has 0 radical (unpaired) electrons. The van der Waals surface area contributed by atoms with Crippen molar-refractivity contribution in [3.63, 3.8) is 0 Å². The summed E-state index contributed by atoms with van der Waals surface area (Å²) in [4.78, 5) is 20.8. The van der Waals surface area contributed by atoms with Crippen LogP contribution in [-0.2, 0) is 4.74 Å². The highest BCUT2D eigenvalue weighted by Gasteiger charge is 2.18. The number of hydrogen-bond acceptors (Lipinski definition) is 9. The number of esters is 1. The molecule has 0 saturated heterocycles. The highest BCUT2D eigenvalue weighted by Crippen LogP contribution is 2.39. The summed E-state index contributed by atoms with van der Waals surface area (Å²) in [7, 11) is 4.64. The van der Waals surface area contributed by atoms with Gasteiger partial charge >= 0.3 is 5.97 Å². The molecule has 0 spiro atoms. The molecule has 4 aromatic rings. The summed E-state index contributed by atoms with van der Waals surface area (Å²) < 4.78 is 24.4. The number of carbonyl (C=O) groups excluding carboxylic acids is 1. The maximum absolute atomic E-state index is 12.2. The normalized spacial score (nSPS) is 10.8. The first kappa shape index (κ1) is 22.2. The van der Waals surface area contributed by atoms with Crippen LogP contribution < -0.4 is 19.5 Å². The number of carbonyl (C=O) groups is 1. The summed E-state index contributed by atoms with van der Waals surface area (Å²) in [6.45, 7) is 1.97. The summed E-state index contributed by atoms with van der Waals surface area (Å²) in [5, 5.41) is 7.18. The molecule has 0 bridgehead atoms. The highest BCUT2D eigenvalue weighted by atomic mass is 35.5. The fourth-order valence-electron chi connectivity index (χ4n) is 3.29. The molecule has 0 atom stereocenters. The molecular weight excluding hydrogens is 452 g/mol. The van der Waals surface area contributed by atoms with Gasteiger partial charge in [0.05, 0.1) is 39.8 Å². The van der Waals surface area contributed by atoms with Crippen LogP contribution in [-0.4, -0.2) is 58.1 Å². The van der Waals surface area contributed by atoms with Crippen molar-refractivity contribution in [2.45, 2.75) is 6.92 Å². The number of nitrogens with zero attached hydrogens (tertiary/aromatic N) is 5. The van der Waals surface area contributed by atoms with Crippen molar-refractivity contribution in [2.75, 3.05) is 33.3 Å². The topological polar surface area (TPSA) is 114 Å². The minimum Gasteiger partial charge on any atom is -0.493 e. The SMILES string of the molecule is CCOC(=O)c1ccc2c(Nc3cn(-c4cc(OC)c(OC)c(OC)c4)cn3)nc(Cl)nn12. The zero-order chi connectivity index (χ0) is 23.5. The summed E-state index contributed by atoms with van der Waals surface area (Å²) in [5.74, 6) is 1.87. The third-order valence-electron chi connectivity index (χ3n) is 4.75. The molecule has 3 heterocycles. The molecule has 0 amide bonds. The molecular formula is C21H21ClN6O5. The van der Waals surface area contributed by atoms with E-state index in [0.717, 1.165) is 5.69 Å². The van der Waals surface area contributed by atoms with Gasteiger partial charge in [0.2, 0.25) is 11.0 Å². The number of nitrogens with one attached hydrogen (secondary N) is 1. The Morgan fingerprint density at radius 1 is 1.12 bits per heavy atom. The quantitative estimate of drug-likeness (QED) is 0.384. The molecule has 1 N–H and O–H groups in total. The van der Waals surface area contributed by atoms with Crippen molar-refractivity contribution in [1.82, 2.24) is 24.1 Å². The molecule has 0 aliphatic rings.